The van der Waals surface area contributed by atoms with Gasteiger partial charge in [0.1, 0.15) is 0 Å². The Morgan fingerprint density at radius 1 is 0.846 bits per heavy atom. The van der Waals surface area contributed by atoms with Gasteiger partial charge >= 0.3 is 234 Å². The van der Waals surface area contributed by atoms with E-state index in [4.69, 9.17) is 4.74 Å². The van der Waals surface area contributed by atoms with Gasteiger partial charge in [-0.25, -0.2) is 0 Å². The first-order chi connectivity index (χ1) is 19.0. The number of hydrogen-bond donors (Lipinski definition) is 0. The summed E-state index contributed by atoms with van der Waals surface area (Å²) in [6.07, 6.45) is 3.82. The summed E-state index contributed by atoms with van der Waals surface area (Å²) in [7, 11) is 0. The molecule has 0 saturated carbocycles. The number of carbonyl (C=O) groups excluding carboxylic acids is 2. The zero-order valence-corrected chi connectivity index (χ0v) is 24.7. The van der Waals surface area contributed by atoms with Crippen molar-refractivity contribution in [3.8, 4) is 0 Å². The van der Waals surface area contributed by atoms with Gasteiger partial charge in [0.05, 0.1) is 0 Å². The number of likely N-dealkylation sites (tertiary alicyclic amines) is 2. The van der Waals surface area contributed by atoms with Crippen molar-refractivity contribution in [2.45, 2.75) is 24.9 Å². The van der Waals surface area contributed by atoms with Gasteiger partial charge in [0.25, 0.3) is 0 Å². The molecular weight excluding hydrogens is 571 g/mol. The van der Waals surface area contributed by atoms with Crippen molar-refractivity contribution in [2.24, 2.45) is 5.92 Å². The van der Waals surface area contributed by atoms with E-state index in [1.807, 2.05) is 18.2 Å². The van der Waals surface area contributed by atoms with Crippen molar-refractivity contribution in [1.82, 2.24) is 9.80 Å². The Bertz CT molecular complexity index is 1200. The Balaban J connectivity index is 1.46. The molecule has 0 radical (unpaired) electrons. The number of hydrogen-bond acceptors (Lipinski definition) is 3. The van der Waals surface area contributed by atoms with Gasteiger partial charge in [-0.1, -0.05) is 6.58 Å². The number of benzene rings is 3. The molecule has 2 amide bonds. The molecule has 0 aromatic heterocycles. The summed E-state index contributed by atoms with van der Waals surface area (Å²) in [5, 5.41) is 0.137. The van der Waals surface area contributed by atoms with Crippen LogP contribution in [0.15, 0.2) is 104 Å². The fraction of sp³-hybridized carbons (Fsp3) is 0.312. The van der Waals surface area contributed by atoms with Crippen LogP contribution in [0.3, 0.4) is 0 Å². The van der Waals surface area contributed by atoms with Crippen LogP contribution in [-0.2, 0) is 9.53 Å². The zero-order valence-electron chi connectivity index (χ0n) is 22.2. The van der Waals surface area contributed by atoms with E-state index in [-0.39, 0.29) is 24.3 Å². The Labute approximate surface area is 239 Å². The second kappa shape index (κ2) is 11.7. The van der Waals surface area contributed by atoms with Crippen molar-refractivity contribution in [2.75, 3.05) is 32.8 Å². The van der Waals surface area contributed by atoms with Crippen molar-refractivity contribution >= 4 is 48.7 Å². The molecule has 2 aliphatic rings. The van der Waals surface area contributed by atoms with E-state index in [0.29, 0.717) is 19.0 Å². The summed E-state index contributed by atoms with van der Waals surface area (Å²) in [6.45, 7) is 6.61. The number of halogens is 1. The molecule has 0 spiro atoms. The third kappa shape index (κ3) is 4.94. The van der Waals surface area contributed by atoms with Crippen LogP contribution in [0.1, 0.15) is 19.3 Å². The molecule has 2 saturated heterocycles. The van der Waals surface area contributed by atoms with Gasteiger partial charge in [0, 0.05) is 0 Å². The number of ether oxygens (including phenoxy) is 1. The minimum atomic E-state index is -3.38. The Hall–Kier alpha value is -2.95. The number of piperidine rings is 1. The first kappa shape index (κ1) is 27.6. The number of carbonyl (C=O) groups is 2. The monoisotopic (exact) mass is 606 g/mol. The summed E-state index contributed by atoms with van der Waals surface area (Å²) in [6, 6.07) is 31.7. The Kier molecular flexibility index (Phi) is 8.25. The molecule has 1 atom stereocenters. The Morgan fingerprint density at radius 3 is 1.79 bits per heavy atom. The third-order valence-electron chi connectivity index (χ3n) is 8.31. The summed E-state index contributed by atoms with van der Waals surface area (Å²) in [5.74, 6) is 0.580. The molecule has 7 heteroatoms. The van der Waals surface area contributed by atoms with E-state index in [1.165, 1.54) is 15.9 Å². The molecule has 2 aliphatic heterocycles. The van der Waals surface area contributed by atoms with Crippen molar-refractivity contribution < 1.29 is 14.3 Å². The molecular formula is C32H36BrN2O3P. The molecule has 204 valence electrons. The van der Waals surface area contributed by atoms with Gasteiger partial charge in [0.2, 0.25) is 0 Å². The molecule has 5 rings (SSSR count). The number of amides is 2. The average molecular weight is 608 g/mol. The van der Waals surface area contributed by atoms with E-state index in [1.54, 1.807) is 11.0 Å². The molecule has 0 N–H and O–H groups in total. The second-order valence-electron chi connectivity index (χ2n) is 10.5. The molecule has 1 unspecified atom stereocenters. The molecule has 3 aromatic rings. The van der Waals surface area contributed by atoms with Crippen LogP contribution in [0.4, 0.5) is 4.79 Å². The third-order valence-corrected chi connectivity index (χ3v) is 19.1. The molecule has 2 heterocycles. The van der Waals surface area contributed by atoms with Crippen LogP contribution in [-0.4, -0.2) is 60.2 Å². The van der Waals surface area contributed by atoms with Crippen LogP contribution < -0.4 is 15.9 Å². The summed E-state index contributed by atoms with van der Waals surface area (Å²) in [5.41, 5.74) is -0.211. The number of rotatable bonds is 8. The predicted octanol–water partition coefficient (Wildman–Crippen LogP) is 5.46. The molecule has 3 aromatic carbocycles. The van der Waals surface area contributed by atoms with Crippen LogP contribution in [0, 0.1) is 5.92 Å². The zero-order chi connectivity index (χ0) is 27.3. The maximum atomic E-state index is 14.5. The molecule has 2 fully saturated rings. The molecule has 0 aliphatic carbocycles. The van der Waals surface area contributed by atoms with Crippen molar-refractivity contribution in [3.05, 3.63) is 104 Å². The average Bonchev–Trinajstić information content (AvgIpc) is 3.37. The summed E-state index contributed by atoms with van der Waals surface area (Å²) >= 11 is 4.50. The molecule has 0 bridgehead atoms. The standard InChI is InChI=1S/C32H36BrN2O3P/c1-2-24-38-32(37)34-21-18-26(19-22-34)25-35-23-20-30(31(35)36)39(33,27-12-6-3-7-13-27,28-14-8-4-9-15-28)29-16-10-5-11-17-29/h2-17,26,30H,1,18-25H2. The van der Waals surface area contributed by atoms with E-state index in [2.05, 4.69) is 99.8 Å². The van der Waals surface area contributed by atoms with E-state index in [9.17, 15) is 9.59 Å². The Morgan fingerprint density at radius 2 is 1.33 bits per heavy atom. The van der Waals surface area contributed by atoms with Gasteiger partial charge in [-0.2, -0.15) is 0 Å². The van der Waals surface area contributed by atoms with Crippen LogP contribution in [0.2, 0.25) is 0 Å². The molecule has 39 heavy (non-hydrogen) atoms. The molecule has 5 nitrogen and oxygen atoms in total. The summed E-state index contributed by atoms with van der Waals surface area (Å²) in [4.78, 5) is 30.6. The van der Waals surface area contributed by atoms with E-state index >= 15 is 0 Å². The van der Waals surface area contributed by atoms with E-state index < -0.39 is 5.31 Å². The van der Waals surface area contributed by atoms with Crippen LogP contribution >= 0.6 is 20.8 Å². The van der Waals surface area contributed by atoms with Gasteiger partial charge in [-0.05, 0) is 0 Å². The predicted molar refractivity (Wildman–Crippen MR) is 165 cm³/mol. The normalized spacial score (nSPS) is 19.4. The first-order valence-electron chi connectivity index (χ1n) is 13.7. The van der Waals surface area contributed by atoms with E-state index in [0.717, 1.165) is 32.4 Å². The minimum absolute atomic E-state index is 0.211. The maximum absolute atomic E-state index is 14.5. The van der Waals surface area contributed by atoms with Crippen molar-refractivity contribution in [3.63, 3.8) is 0 Å². The van der Waals surface area contributed by atoms with Gasteiger partial charge in [0.15, 0.2) is 0 Å². The fourth-order valence-electron chi connectivity index (χ4n) is 6.33. The topological polar surface area (TPSA) is 49.9 Å². The SMILES string of the molecule is C=CCOC(=O)N1CCC(CN2CCC(P(Br)(c3ccccc3)(c3ccccc3)c3ccccc3)C2=O)CC1. The number of nitrogens with zero attached hydrogens (tertiary/aromatic N) is 2. The van der Waals surface area contributed by atoms with Gasteiger partial charge < -0.3 is 0 Å². The summed E-state index contributed by atoms with van der Waals surface area (Å²) < 4.78 is 5.21. The quantitative estimate of drug-likeness (QED) is 0.253. The van der Waals surface area contributed by atoms with Crippen LogP contribution in [0.25, 0.3) is 0 Å². The van der Waals surface area contributed by atoms with Gasteiger partial charge in [-0.15, -0.1) is 0 Å². The van der Waals surface area contributed by atoms with Gasteiger partial charge in [-0.3, -0.25) is 0 Å². The fourth-order valence-corrected chi connectivity index (χ4v) is 15.0. The van der Waals surface area contributed by atoms with Crippen LogP contribution in [0.5, 0.6) is 0 Å². The second-order valence-corrected chi connectivity index (χ2v) is 19.2. The first-order valence-corrected chi connectivity index (χ1v) is 18.0. The van der Waals surface area contributed by atoms with Crippen molar-refractivity contribution in [1.29, 1.82) is 0 Å².